The molecule has 3 saturated heterocycles. The summed E-state index contributed by atoms with van der Waals surface area (Å²) in [6.07, 6.45) is 6.98. The third-order valence-corrected chi connectivity index (χ3v) is 8.88. The molecule has 3 aliphatic rings. The van der Waals surface area contributed by atoms with Gasteiger partial charge in [0.2, 0.25) is 0 Å². The van der Waals surface area contributed by atoms with Crippen LogP contribution >= 0.6 is 0 Å². The maximum Gasteiger partial charge on any atom is 0.167 e. The Labute approximate surface area is 300 Å². The van der Waals surface area contributed by atoms with Gasteiger partial charge in [-0.2, -0.15) is 0 Å². The fourth-order valence-corrected chi connectivity index (χ4v) is 6.45. The van der Waals surface area contributed by atoms with E-state index in [1.807, 2.05) is 26.0 Å². The summed E-state index contributed by atoms with van der Waals surface area (Å²) in [4.78, 5) is 32.8. The molecule has 9 rings (SSSR count). The van der Waals surface area contributed by atoms with Crippen molar-refractivity contribution in [3.8, 4) is 11.5 Å². The van der Waals surface area contributed by atoms with Crippen LogP contribution in [0.1, 0.15) is 26.3 Å². The lowest BCUT2D eigenvalue weighted by Crippen LogP contribution is -2.34. The van der Waals surface area contributed by atoms with Crippen LogP contribution in [0.4, 0.5) is 11.6 Å². The van der Waals surface area contributed by atoms with E-state index in [0.29, 0.717) is 46.3 Å². The van der Waals surface area contributed by atoms with Gasteiger partial charge in [0.15, 0.2) is 41.2 Å². The van der Waals surface area contributed by atoms with Gasteiger partial charge in [0.25, 0.3) is 0 Å². The highest BCUT2D eigenvalue weighted by atomic mass is 16.8. The number of aliphatic hydroxyl groups is 2. The molecule has 0 amide bonds. The van der Waals surface area contributed by atoms with Crippen molar-refractivity contribution in [2.75, 3.05) is 24.7 Å². The molecule has 0 saturated carbocycles. The number of imidazole rings is 2. The van der Waals surface area contributed by atoms with E-state index in [4.69, 9.17) is 39.9 Å². The predicted octanol–water partition coefficient (Wildman–Crippen LogP) is 0.802. The first-order chi connectivity index (χ1) is 25.7. The van der Waals surface area contributed by atoms with Crippen molar-refractivity contribution in [1.29, 1.82) is 0 Å². The fourth-order valence-electron chi connectivity index (χ4n) is 6.45. The summed E-state index contributed by atoms with van der Waals surface area (Å²) in [7, 11) is 0. The molecule has 8 atom stereocenters. The number of hydrogen-bond donors (Lipinski definition) is 4. The van der Waals surface area contributed by atoms with Crippen LogP contribution in [0, 0.1) is 0 Å². The summed E-state index contributed by atoms with van der Waals surface area (Å²) in [6, 6.07) is 7.14. The standard InChI is InChI=1S/C18H20N6O4.C15H16N6O4/c1-18(2)27-13-11(7-25-10-4-3-5-20-6-10)26-17(14(13)28-18)24-9-23-12-15(19)21-8-22-16(12)24;16-13-10-14(19-6-18-13)21(7-20-10)15-12(23)11(22)9(25-15)5-24-8-2-1-3-17-4-8/h3-6,8-9,11,13-14,17H,7H2,1-2H3,(H2,19,21,22);1-4,6-7,9,11-12,15,22-23H,5H2,(H2,16,18,19)/t11-,13-,14-,17-;9-,11-,12-,15-/m11/s1. The van der Waals surface area contributed by atoms with Gasteiger partial charge in [-0.15, -0.1) is 0 Å². The lowest BCUT2D eigenvalue weighted by atomic mass is 10.1. The van der Waals surface area contributed by atoms with Crippen molar-refractivity contribution in [1.82, 2.24) is 49.0 Å². The van der Waals surface area contributed by atoms with E-state index in [0.717, 1.165) is 0 Å². The number of rotatable bonds is 8. The molecule has 0 spiro atoms. The van der Waals surface area contributed by atoms with Crippen LogP contribution < -0.4 is 20.9 Å². The highest BCUT2D eigenvalue weighted by Gasteiger charge is 2.56. The van der Waals surface area contributed by atoms with Crippen molar-refractivity contribution in [2.24, 2.45) is 0 Å². The Bertz CT molecular complexity index is 2170. The fraction of sp³-hybridized carbons (Fsp3) is 0.394. The minimum absolute atomic E-state index is 0.0597. The lowest BCUT2D eigenvalue weighted by Gasteiger charge is -2.24. The van der Waals surface area contributed by atoms with E-state index in [1.54, 1.807) is 47.8 Å². The van der Waals surface area contributed by atoms with Gasteiger partial charge >= 0.3 is 0 Å². The molecule has 0 bridgehead atoms. The van der Waals surface area contributed by atoms with Gasteiger partial charge in [-0.05, 0) is 38.1 Å². The first kappa shape index (κ1) is 34.4. The van der Waals surface area contributed by atoms with Gasteiger partial charge in [-0.3, -0.25) is 19.1 Å². The third-order valence-electron chi connectivity index (χ3n) is 8.88. The van der Waals surface area contributed by atoms with Crippen LogP contribution in [0.25, 0.3) is 22.3 Å². The Balaban J connectivity index is 0.000000152. The molecule has 0 radical (unpaired) electrons. The van der Waals surface area contributed by atoms with Gasteiger partial charge in [0.1, 0.15) is 85.0 Å². The zero-order valence-electron chi connectivity index (χ0n) is 28.4. The number of anilines is 2. The smallest absolute Gasteiger partial charge is 0.167 e. The van der Waals surface area contributed by atoms with Crippen LogP contribution in [0.2, 0.25) is 0 Å². The maximum absolute atomic E-state index is 10.4. The summed E-state index contributed by atoms with van der Waals surface area (Å²) in [6.45, 7) is 4.12. The SMILES string of the molecule is CC1(C)O[C@@H]2[C@H](O1)[C@@H](COc1cccnc1)O[C@H]2n1cnc2c(N)ncnc21.Nc1ncnc2c1ncn2[C@@H]1O[C@H](COc2cccnc2)[C@@H](O)[C@H]1O. The van der Waals surface area contributed by atoms with E-state index in [9.17, 15) is 10.2 Å². The Morgan fingerprint density at radius 3 is 1.79 bits per heavy atom. The van der Waals surface area contributed by atoms with Crippen molar-refractivity contribution in [3.63, 3.8) is 0 Å². The van der Waals surface area contributed by atoms with Crippen molar-refractivity contribution < 1.29 is 38.6 Å². The summed E-state index contributed by atoms with van der Waals surface area (Å²) in [5.74, 6) is 1.03. The monoisotopic (exact) mass is 728 g/mol. The molecule has 3 fully saturated rings. The maximum atomic E-state index is 10.4. The first-order valence-corrected chi connectivity index (χ1v) is 16.6. The largest absolute Gasteiger partial charge is 0.489 e. The van der Waals surface area contributed by atoms with E-state index < -0.39 is 36.6 Å². The van der Waals surface area contributed by atoms with Gasteiger partial charge in [-0.25, -0.2) is 29.9 Å². The molecule has 9 heterocycles. The Morgan fingerprint density at radius 1 is 0.698 bits per heavy atom. The number of ether oxygens (including phenoxy) is 6. The molecule has 276 valence electrons. The lowest BCUT2D eigenvalue weighted by molar-refractivity contribution is -0.198. The van der Waals surface area contributed by atoms with Crippen LogP contribution in [0.15, 0.2) is 74.4 Å². The number of pyridine rings is 2. The van der Waals surface area contributed by atoms with Crippen molar-refractivity contribution in [2.45, 2.75) is 68.7 Å². The van der Waals surface area contributed by atoms with Crippen LogP contribution in [-0.2, 0) is 18.9 Å². The molecule has 53 heavy (non-hydrogen) atoms. The van der Waals surface area contributed by atoms with Gasteiger partial charge in [0.05, 0.1) is 25.0 Å². The molecule has 20 nitrogen and oxygen atoms in total. The van der Waals surface area contributed by atoms with E-state index in [1.165, 1.54) is 23.5 Å². The second-order valence-corrected chi connectivity index (χ2v) is 12.8. The Kier molecular flexibility index (Phi) is 9.14. The number of aliphatic hydroxyl groups excluding tert-OH is 2. The average molecular weight is 729 g/mol. The number of nitrogens with zero attached hydrogens (tertiary/aromatic N) is 10. The summed E-state index contributed by atoms with van der Waals surface area (Å²) in [5, 5.41) is 20.6. The summed E-state index contributed by atoms with van der Waals surface area (Å²) < 4.78 is 39.0. The van der Waals surface area contributed by atoms with Gasteiger partial charge < -0.3 is 50.1 Å². The summed E-state index contributed by atoms with van der Waals surface area (Å²) in [5.41, 5.74) is 13.6. The molecule has 0 aliphatic carbocycles. The van der Waals surface area contributed by atoms with Crippen LogP contribution in [0.3, 0.4) is 0 Å². The van der Waals surface area contributed by atoms with Crippen LogP contribution in [0.5, 0.6) is 11.5 Å². The number of hydrogen-bond acceptors (Lipinski definition) is 18. The van der Waals surface area contributed by atoms with Crippen LogP contribution in [-0.4, -0.2) is 115 Å². The molecule has 0 unspecified atom stereocenters. The normalized spacial score (nSPS) is 27.4. The average Bonchev–Trinajstić information content (AvgIpc) is 3.98. The number of nitrogens with two attached hydrogens (primary N) is 2. The molecule has 6 aromatic heterocycles. The Hall–Kier alpha value is -5.64. The number of nitrogen functional groups attached to an aromatic ring is 2. The number of aromatic nitrogens is 10. The van der Waals surface area contributed by atoms with Gasteiger partial charge in [0, 0.05) is 12.4 Å². The number of fused-ring (bicyclic) bond motifs is 3. The quantitative estimate of drug-likeness (QED) is 0.169. The third kappa shape index (κ3) is 6.74. The van der Waals surface area contributed by atoms with Crippen molar-refractivity contribution >= 4 is 34.0 Å². The van der Waals surface area contributed by atoms with E-state index in [-0.39, 0.29) is 30.7 Å². The second-order valence-electron chi connectivity index (χ2n) is 12.8. The zero-order valence-corrected chi connectivity index (χ0v) is 28.4. The zero-order chi connectivity index (χ0) is 36.7. The molecular formula is C33H36N12O8. The molecule has 6 N–H and O–H groups in total. The highest BCUT2D eigenvalue weighted by molar-refractivity contribution is 5.81. The van der Waals surface area contributed by atoms with E-state index >= 15 is 0 Å². The minimum atomic E-state index is -1.17. The molecular weight excluding hydrogens is 692 g/mol. The second kappa shape index (κ2) is 14.1. The molecule has 0 aromatic carbocycles. The van der Waals surface area contributed by atoms with E-state index in [2.05, 4.69) is 39.9 Å². The molecule has 6 aromatic rings. The summed E-state index contributed by atoms with van der Waals surface area (Å²) >= 11 is 0. The first-order valence-electron chi connectivity index (χ1n) is 16.6. The molecule has 3 aliphatic heterocycles. The van der Waals surface area contributed by atoms with Gasteiger partial charge in [-0.1, -0.05) is 0 Å². The predicted molar refractivity (Wildman–Crippen MR) is 183 cm³/mol. The topological polar surface area (TPSA) is 261 Å². The molecule has 20 heteroatoms. The highest BCUT2D eigenvalue weighted by Crippen LogP contribution is 2.44. The van der Waals surface area contributed by atoms with Crippen molar-refractivity contribution in [3.05, 3.63) is 74.4 Å². The minimum Gasteiger partial charge on any atom is -0.489 e. The Morgan fingerprint density at radius 2 is 1.23 bits per heavy atom.